The lowest BCUT2D eigenvalue weighted by Crippen LogP contribution is -2.14. The summed E-state index contributed by atoms with van der Waals surface area (Å²) in [6, 6.07) is 7.64. The van der Waals surface area contributed by atoms with Crippen LogP contribution in [0.4, 0.5) is 5.13 Å². The minimum absolute atomic E-state index is 0.186. The first-order valence-electron chi connectivity index (χ1n) is 7.89. The number of thiazole rings is 1. The molecule has 0 unspecified atom stereocenters. The second kappa shape index (κ2) is 6.98. The summed E-state index contributed by atoms with van der Waals surface area (Å²) < 4.78 is 1.81. The Labute approximate surface area is 155 Å². The molecule has 0 aliphatic rings. The molecule has 2 heterocycles. The maximum absolute atomic E-state index is 12.7. The van der Waals surface area contributed by atoms with Crippen molar-refractivity contribution in [2.45, 2.75) is 34.2 Å². The standard InChI is InChI=1S/C18H19ClN4OS/c1-10-13(4)25-18(20-10)21-17(24)16-11(2)22-23(12(16)3)9-14-7-5-6-8-15(14)19/h5-8H,9H2,1-4H3,(H,20,21,24). The van der Waals surface area contributed by atoms with Gasteiger partial charge in [-0.15, -0.1) is 11.3 Å². The summed E-state index contributed by atoms with van der Waals surface area (Å²) in [6.07, 6.45) is 0. The lowest BCUT2D eigenvalue weighted by Gasteiger charge is -2.07. The molecule has 3 aromatic rings. The van der Waals surface area contributed by atoms with E-state index in [1.807, 2.05) is 56.6 Å². The van der Waals surface area contributed by atoms with Crippen LogP contribution in [0.5, 0.6) is 0 Å². The number of aryl methyl sites for hydroxylation is 3. The first-order valence-corrected chi connectivity index (χ1v) is 9.09. The van der Waals surface area contributed by atoms with Crippen LogP contribution in [0.15, 0.2) is 24.3 Å². The lowest BCUT2D eigenvalue weighted by atomic mass is 10.2. The fraction of sp³-hybridized carbons (Fsp3) is 0.278. The highest BCUT2D eigenvalue weighted by Gasteiger charge is 2.20. The zero-order valence-electron chi connectivity index (χ0n) is 14.6. The van der Waals surface area contributed by atoms with Gasteiger partial charge >= 0.3 is 0 Å². The molecule has 3 rings (SSSR count). The predicted octanol–water partition coefficient (Wildman–Crippen LogP) is 4.53. The Balaban J connectivity index is 1.86. The number of carbonyl (C=O) groups excluding carboxylic acids is 1. The van der Waals surface area contributed by atoms with Crippen LogP contribution in [0.2, 0.25) is 5.02 Å². The first kappa shape index (κ1) is 17.6. The van der Waals surface area contributed by atoms with Gasteiger partial charge in [-0.2, -0.15) is 5.10 Å². The Morgan fingerprint density at radius 1 is 1.20 bits per heavy atom. The Kier molecular flexibility index (Phi) is 4.92. The molecule has 1 amide bonds. The number of halogens is 1. The van der Waals surface area contributed by atoms with Crippen LogP contribution in [-0.4, -0.2) is 20.7 Å². The molecule has 1 N–H and O–H groups in total. The van der Waals surface area contributed by atoms with E-state index >= 15 is 0 Å². The molecule has 5 nitrogen and oxygen atoms in total. The minimum atomic E-state index is -0.186. The Morgan fingerprint density at radius 2 is 1.92 bits per heavy atom. The summed E-state index contributed by atoms with van der Waals surface area (Å²) in [7, 11) is 0. The number of hydrogen-bond donors (Lipinski definition) is 1. The SMILES string of the molecule is Cc1nc(NC(=O)c2c(C)nn(Cc3ccccc3Cl)c2C)sc1C. The third kappa shape index (κ3) is 3.60. The number of nitrogens with zero attached hydrogens (tertiary/aromatic N) is 3. The third-order valence-corrected chi connectivity index (χ3v) is 5.49. The van der Waals surface area contributed by atoms with Gasteiger partial charge in [-0.05, 0) is 39.3 Å². The molecule has 130 valence electrons. The van der Waals surface area contributed by atoms with Crippen molar-refractivity contribution in [3.8, 4) is 0 Å². The van der Waals surface area contributed by atoms with Crippen LogP contribution in [-0.2, 0) is 6.54 Å². The fourth-order valence-corrected chi connectivity index (χ4v) is 3.66. The van der Waals surface area contributed by atoms with E-state index in [0.29, 0.717) is 28.0 Å². The predicted molar refractivity (Wildman–Crippen MR) is 102 cm³/mol. The number of nitrogens with one attached hydrogen (secondary N) is 1. The minimum Gasteiger partial charge on any atom is -0.298 e. The molecular weight excluding hydrogens is 356 g/mol. The second-order valence-electron chi connectivity index (χ2n) is 5.91. The van der Waals surface area contributed by atoms with Crippen LogP contribution in [0.25, 0.3) is 0 Å². The van der Waals surface area contributed by atoms with Crippen molar-refractivity contribution in [3.05, 3.63) is 62.4 Å². The van der Waals surface area contributed by atoms with Gasteiger partial charge in [0, 0.05) is 15.6 Å². The van der Waals surface area contributed by atoms with Crippen LogP contribution in [0, 0.1) is 27.7 Å². The summed E-state index contributed by atoms with van der Waals surface area (Å²) in [4.78, 5) is 18.1. The Morgan fingerprint density at radius 3 is 2.56 bits per heavy atom. The van der Waals surface area contributed by atoms with Gasteiger partial charge in [0.1, 0.15) is 0 Å². The number of benzene rings is 1. The van der Waals surface area contributed by atoms with E-state index in [9.17, 15) is 4.79 Å². The van der Waals surface area contributed by atoms with E-state index in [4.69, 9.17) is 11.6 Å². The van der Waals surface area contributed by atoms with Crippen LogP contribution >= 0.6 is 22.9 Å². The largest absolute Gasteiger partial charge is 0.298 e. The van der Waals surface area contributed by atoms with Gasteiger partial charge in [0.25, 0.3) is 5.91 Å². The summed E-state index contributed by atoms with van der Waals surface area (Å²) in [5.41, 5.74) is 3.97. The van der Waals surface area contributed by atoms with Gasteiger partial charge < -0.3 is 0 Å². The number of anilines is 1. The molecule has 0 saturated heterocycles. The van der Waals surface area contributed by atoms with Crippen LogP contribution < -0.4 is 5.32 Å². The van der Waals surface area contributed by atoms with E-state index in [1.165, 1.54) is 11.3 Å². The molecule has 0 aliphatic heterocycles. The van der Waals surface area contributed by atoms with Crippen molar-refractivity contribution < 1.29 is 4.79 Å². The summed E-state index contributed by atoms with van der Waals surface area (Å²) in [6.45, 7) is 8.17. The fourth-order valence-electron chi connectivity index (χ4n) is 2.65. The smallest absolute Gasteiger partial charge is 0.261 e. The quantitative estimate of drug-likeness (QED) is 0.729. The molecule has 0 radical (unpaired) electrons. The van der Waals surface area contributed by atoms with E-state index in [0.717, 1.165) is 21.8 Å². The van der Waals surface area contributed by atoms with Crippen molar-refractivity contribution in [1.29, 1.82) is 0 Å². The van der Waals surface area contributed by atoms with Crippen LogP contribution in [0.1, 0.15) is 37.9 Å². The highest BCUT2D eigenvalue weighted by Crippen LogP contribution is 2.24. The lowest BCUT2D eigenvalue weighted by molar-refractivity contribution is 0.102. The molecule has 0 bridgehead atoms. The molecule has 2 aromatic heterocycles. The summed E-state index contributed by atoms with van der Waals surface area (Å²) >= 11 is 7.71. The normalized spacial score (nSPS) is 10.9. The highest BCUT2D eigenvalue weighted by molar-refractivity contribution is 7.15. The maximum atomic E-state index is 12.7. The van der Waals surface area contributed by atoms with Crippen molar-refractivity contribution >= 4 is 34.0 Å². The molecule has 7 heteroatoms. The van der Waals surface area contributed by atoms with E-state index < -0.39 is 0 Å². The average Bonchev–Trinajstić information content (AvgIpc) is 3.00. The third-order valence-electron chi connectivity index (χ3n) is 4.14. The van der Waals surface area contributed by atoms with Gasteiger partial charge in [-0.3, -0.25) is 14.8 Å². The average molecular weight is 375 g/mol. The zero-order valence-corrected chi connectivity index (χ0v) is 16.1. The van der Waals surface area contributed by atoms with Crippen molar-refractivity contribution in [2.24, 2.45) is 0 Å². The molecule has 0 saturated carbocycles. The summed E-state index contributed by atoms with van der Waals surface area (Å²) in [5.74, 6) is -0.186. The highest BCUT2D eigenvalue weighted by atomic mass is 35.5. The van der Waals surface area contributed by atoms with E-state index in [-0.39, 0.29) is 5.91 Å². The topological polar surface area (TPSA) is 59.8 Å². The second-order valence-corrected chi connectivity index (χ2v) is 7.52. The Hall–Kier alpha value is -2.18. The van der Waals surface area contributed by atoms with Gasteiger partial charge in [-0.25, -0.2) is 4.98 Å². The molecular formula is C18H19ClN4OS. The van der Waals surface area contributed by atoms with E-state index in [2.05, 4.69) is 15.4 Å². The van der Waals surface area contributed by atoms with Crippen molar-refractivity contribution in [3.63, 3.8) is 0 Å². The molecule has 0 atom stereocenters. The molecule has 0 aliphatic carbocycles. The Bertz CT molecular complexity index is 925. The number of aromatic nitrogens is 3. The number of amides is 1. The summed E-state index contributed by atoms with van der Waals surface area (Å²) in [5, 5.41) is 8.69. The van der Waals surface area contributed by atoms with Gasteiger partial charge in [0.05, 0.1) is 23.5 Å². The first-order chi connectivity index (χ1) is 11.9. The number of carbonyl (C=O) groups is 1. The van der Waals surface area contributed by atoms with Gasteiger partial charge in [0.15, 0.2) is 5.13 Å². The maximum Gasteiger partial charge on any atom is 0.261 e. The zero-order chi connectivity index (χ0) is 18.1. The van der Waals surface area contributed by atoms with Crippen molar-refractivity contribution in [2.75, 3.05) is 5.32 Å². The monoisotopic (exact) mass is 374 g/mol. The van der Waals surface area contributed by atoms with Gasteiger partial charge in [0.2, 0.25) is 0 Å². The molecule has 1 aromatic carbocycles. The van der Waals surface area contributed by atoms with Crippen LogP contribution in [0.3, 0.4) is 0 Å². The molecule has 25 heavy (non-hydrogen) atoms. The number of rotatable bonds is 4. The molecule has 0 spiro atoms. The van der Waals surface area contributed by atoms with E-state index in [1.54, 1.807) is 0 Å². The van der Waals surface area contributed by atoms with Crippen molar-refractivity contribution in [1.82, 2.24) is 14.8 Å². The van der Waals surface area contributed by atoms with Gasteiger partial charge in [-0.1, -0.05) is 29.8 Å². The molecule has 0 fully saturated rings. The number of hydrogen-bond acceptors (Lipinski definition) is 4.